The van der Waals surface area contributed by atoms with Crippen molar-refractivity contribution in [3.05, 3.63) is 22.6 Å². The maximum absolute atomic E-state index is 5.47. The molecule has 3 nitrogen and oxygen atoms in total. The second-order valence-corrected chi connectivity index (χ2v) is 3.69. The first kappa shape index (κ1) is 11.8. The van der Waals surface area contributed by atoms with Crippen molar-refractivity contribution in [3.8, 4) is 0 Å². The summed E-state index contributed by atoms with van der Waals surface area (Å²) in [5.74, 6) is 0.909. The molecule has 1 N–H and O–H groups in total. The van der Waals surface area contributed by atoms with E-state index in [9.17, 15) is 0 Å². The fourth-order valence-electron chi connectivity index (χ4n) is 1.24. The van der Waals surface area contributed by atoms with Crippen molar-refractivity contribution >= 4 is 15.9 Å². The van der Waals surface area contributed by atoms with Gasteiger partial charge in [-0.15, -0.1) is 0 Å². The molecule has 1 atom stereocenters. The Balaban J connectivity index is 2.57. The third kappa shape index (κ3) is 3.44. The first-order chi connectivity index (χ1) is 6.77. The molecule has 0 spiro atoms. The van der Waals surface area contributed by atoms with Gasteiger partial charge in [-0.25, -0.2) is 0 Å². The Morgan fingerprint density at radius 2 is 2.29 bits per heavy atom. The molecule has 0 saturated carbocycles. The molecule has 80 valence electrons. The monoisotopic (exact) mass is 261 g/mol. The molecule has 0 aliphatic carbocycles. The van der Waals surface area contributed by atoms with Gasteiger partial charge in [0.15, 0.2) is 4.67 Å². The smallest absolute Gasteiger partial charge is 0.169 e. The van der Waals surface area contributed by atoms with Crippen LogP contribution in [0.5, 0.6) is 0 Å². The predicted octanol–water partition coefficient (Wildman–Crippen LogP) is 2.73. The first-order valence-electron chi connectivity index (χ1n) is 4.84. The van der Waals surface area contributed by atoms with Gasteiger partial charge in [-0.3, -0.25) is 0 Å². The van der Waals surface area contributed by atoms with E-state index in [1.165, 1.54) is 0 Å². The topological polar surface area (TPSA) is 34.4 Å². The van der Waals surface area contributed by atoms with Gasteiger partial charge < -0.3 is 14.5 Å². The van der Waals surface area contributed by atoms with Crippen LogP contribution in [0, 0.1) is 0 Å². The second-order valence-electron chi connectivity index (χ2n) is 2.91. The van der Waals surface area contributed by atoms with Crippen molar-refractivity contribution in [1.29, 1.82) is 0 Å². The summed E-state index contributed by atoms with van der Waals surface area (Å²) in [5, 5.41) is 3.31. The summed E-state index contributed by atoms with van der Waals surface area (Å²) < 4.78 is 11.6. The third-order valence-corrected chi connectivity index (χ3v) is 2.30. The Labute approximate surface area is 92.9 Å². The minimum absolute atomic E-state index is 0.145. The lowest BCUT2D eigenvalue weighted by Crippen LogP contribution is -2.24. The van der Waals surface area contributed by atoms with E-state index in [1.807, 2.05) is 19.1 Å². The second kappa shape index (κ2) is 6.22. The van der Waals surface area contributed by atoms with Crippen molar-refractivity contribution in [2.24, 2.45) is 0 Å². The van der Waals surface area contributed by atoms with Crippen LogP contribution >= 0.6 is 15.9 Å². The van der Waals surface area contributed by atoms with E-state index in [1.54, 1.807) is 0 Å². The lowest BCUT2D eigenvalue weighted by Gasteiger charge is -2.14. The van der Waals surface area contributed by atoms with E-state index < -0.39 is 0 Å². The zero-order valence-electron chi connectivity index (χ0n) is 8.55. The summed E-state index contributed by atoms with van der Waals surface area (Å²) in [6.07, 6.45) is 0. The lowest BCUT2D eigenvalue weighted by atomic mass is 10.2. The fraction of sp³-hybridized carbons (Fsp3) is 0.600. The molecule has 1 aromatic rings. The van der Waals surface area contributed by atoms with Crippen LogP contribution in [0.4, 0.5) is 0 Å². The molecule has 0 bridgehead atoms. The van der Waals surface area contributed by atoms with Gasteiger partial charge in [-0.1, -0.05) is 6.92 Å². The number of likely N-dealkylation sites (N-methyl/N-ethyl adjacent to an activating group) is 1. The molecule has 0 amide bonds. The zero-order valence-corrected chi connectivity index (χ0v) is 10.1. The highest BCUT2D eigenvalue weighted by atomic mass is 79.9. The van der Waals surface area contributed by atoms with E-state index in [4.69, 9.17) is 9.15 Å². The quantitative estimate of drug-likeness (QED) is 0.856. The van der Waals surface area contributed by atoms with E-state index in [-0.39, 0.29) is 6.04 Å². The molecule has 0 radical (unpaired) electrons. The predicted molar refractivity (Wildman–Crippen MR) is 59.3 cm³/mol. The Morgan fingerprint density at radius 1 is 1.50 bits per heavy atom. The molecule has 0 saturated heterocycles. The Kier molecular flexibility index (Phi) is 5.22. The summed E-state index contributed by atoms with van der Waals surface area (Å²) in [7, 11) is 0. The Hall–Kier alpha value is -0.320. The number of nitrogens with one attached hydrogen (secondary N) is 1. The molecule has 0 aromatic carbocycles. The number of furan rings is 1. The van der Waals surface area contributed by atoms with Gasteiger partial charge in [0, 0.05) is 6.61 Å². The lowest BCUT2D eigenvalue weighted by molar-refractivity contribution is 0.116. The van der Waals surface area contributed by atoms with Crippen molar-refractivity contribution in [3.63, 3.8) is 0 Å². The number of ether oxygens (including phenoxy) is 1. The van der Waals surface area contributed by atoms with Gasteiger partial charge in [-0.2, -0.15) is 0 Å². The van der Waals surface area contributed by atoms with Crippen molar-refractivity contribution in [2.75, 3.05) is 19.8 Å². The van der Waals surface area contributed by atoms with Crippen molar-refractivity contribution < 1.29 is 9.15 Å². The van der Waals surface area contributed by atoms with Crippen LogP contribution < -0.4 is 5.32 Å². The maximum Gasteiger partial charge on any atom is 0.169 e. The van der Waals surface area contributed by atoms with Crippen molar-refractivity contribution in [2.45, 2.75) is 19.9 Å². The summed E-state index contributed by atoms with van der Waals surface area (Å²) in [6.45, 7) is 6.32. The first-order valence-corrected chi connectivity index (χ1v) is 5.63. The summed E-state index contributed by atoms with van der Waals surface area (Å²) >= 11 is 3.28. The highest BCUT2D eigenvalue weighted by Gasteiger charge is 2.13. The molecule has 0 aliphatic rings. The van der Waals surface area contributed by atoms with Gasteiger partial charge in [-0.05, 0) is 41.5 Å². The van der Waals surface area contributed by atoms with Crippen LogP contribution in [-0.2, 0) is 4.74 Å². The molecule has 1 unspecified atom stereocenters. The maximum atomic E-state index is 5.47. The highest BCUT2D eigenvalue weighted by molar-refractivity contribution is 9.10. The molecule has 0 aliphatic heterocycles. The van der Waals surface area contributed by atoms with Crippen molar-refractivity contribution in [1.82, 2.24) is 5.32 Å². The summed E-state index contributed by atoms with van der Waals surface area (Å²) in [6, 6.07) is 3.99. The van der Waals surface area contributed by atoms with Crippen LogP contribution in [0.25, 0.3) is 0 Å². The number of rotatable bonds is 6. The van der Waals surface area contributed by atoms with Gasteiger partial charge in [0.2, 0.25) is 0 Å². The molecule has 14 heavy (non-hydrogen) atoms. The standard InChI is InChI=1S/C10H16BrNO2/c1-3-12-8(7-13-4-2)9-5-6-10(11)14-9/h5-6,8,12H,3-4,7H2,1-2H3. The SMILES string of the molecule is CCNC(COCC)c1ccc(Br)o1. The summed E-state index contributed by atoms with van der Waals surface area (Å²) in [4.78, 5) is 0. The van der Waals surface area contributed by atoms with Crippen LogP contribution in [0.3, 0.4) is 0 Å². The van der Waals surface area contributed by atoms with E-state index >= 15 is 0 Å². The molecule has 1 aromatic heterocycles. The molecular weight excluding hydrogens is 246 g/mol. The third-order valence-electron chi connectivity index (χ3n) is 1.88. The van der Waals surface area contributed by atoms with E-state index in [0.29, 0.717) is 6.61 Å². The zero-order chi connectivity index (χ0) is 10.4. The van der Waals surface area contributed by atoms with Crippen LogP contribution in [0.1, 0.15) is 25.6 Å². The average Bonchev–Trinajstić information content (AvgIpc) is 2.59. The largest absolute Gasteiger partial charge is 0.453 e. The highest BCUT2D eigenvalue weighted by Crippen LogP contribution is 2.20. The number of hydrogen-bond donors (Lipinski definition) is 1. The van der Waals surface area contributed by atoms with Gasteiger partial charge in [0.1, 0.15) is 5.76 Å². The average molecular weight is 262 g/mol. The minimum Gasteiger partial charge on any atom is -0.453 e. The summed E-state index contributed by atoms with van der Waals surface area (Å²) in [5.41, 5.74) is 0. The Bertz CT molecular complexity index is 262. The van der Waals surface area contributed by atoms with Crippen LogP contribution in [0.2, 0.25) is 0 Å². The number of halogens is 1. The van der Waals surface area contributed by atoms with E-state index in [0.717, 1.165) is 23.6 Å². The molecule has 1 heterocycles. The normalized spacial score (nSPS) is 13.1. The molecule has 0 fully saturated rings. The number of hydrogen-bond acceptors (Lipinski definition) is 3. The Morgan fingerprint density at radius 3 is 2.79 bits per heavy atom. The fourth-order valence-corrected chi connectivity index (χ4v) is 1.56. The van der Waals surface area contributed by atoms with E-state index in [2.05, 4.69) is 28.2 Å². The van der Waals surface area contributed by atoms with Gasteiger partial charge in [0.05, 0.1) is 12.6 Å². The van der Waals surface area contributed by atoms with Gasteiger partial charge in [0.25, 0.3) is 0 Å². The minimum atomic E-state index is 0.145. The van der Waals surface area contributed by atoms with Crippen LogP contribution in [-0.4, -0.2) is 19.8 Å². The molecule has 1 rings (SSSR count). The molecular formula is C10H16BrNO2. The molecule has 4 heteroatoms. The van der Waals surface area contributed by atoms with Gasteiger partial charge >= 0.3 is 0 Å². The van der Waals surface area contributed by atoms with Crippen LogP contribution in [0.15, 0.2) is 21.2 Å².